The summed E-state index contributed by atoms with van der Waals surface area (Å²) in [5, 5.41) is 11.0. The Hall–Kier alpha value is -2.33. The zero-order chi connectivity index (χ0) is 13.9. The lowest BCUT2D eigenvalue weighted by Gasteiger charge is -2.26. The third kappa shape index (κ3) is 1.37. The predicted molar refractivity (Wildman–Crippen MR) is 77.2 cm³/mol. The van der Waals surface area contributed by atoms with Gasteiger partial charge in [-0.3, -0.25) is 4.79 Å². The van der Waals surface area contributed by atoms with E-state index in [1.54, 1.807) is 6.07 Å². The van der Waals surface area contributed by atoms with Gasteiger partial charge in [-0.25, -0.2) is 9.36 Å². The van der Waals surface area contributed by atoms with Crippen LogP contribution in [0.15, 0.2) is 47.3 Å². The van der Waals surface area contributed by atoms with Crippen LogP contribution < -0.4 is 5.56 Å². The molecule has 1 unspecified atom stereocenters. The van der Waals surface area contributed by atoms with Crippen molar-refractivity contribution in [3.63, 3.8) is 0 Å². The minimum absolute atomic E-state index is 0.140. The molecule has 4 rings (SSSR count). The van der Waals surface area contributed by atoms with E-state index in [1.807, 2.05) is 41.9 Å². The topological polar surface area (TPSA) is 47.2 Å². The number of aliphatic hydroxyl groups is 1. The first kappa shape index (κ1) is 11.5. The van der Waals surface area contributed by atoms with Crippen molar-refractivity contribution < 1.29 is 5.11 Å². The molecule has 2 heterocycles. The molecule has 100 valence electrons. The molecule has 0 fully saturated rings. The Kier molecular flexibility index (Phi) is 2.20. The van der Waals surface area contributed by atoms with Crippen LogP contribution >= 0.6 is 0 Å². The fraction of sp³-hybridized carbons (Fsp3) is 0.188. The van der Waals surface area contributed by atoms with Crippen molar-refractivity contribution in [2.45, 2.75) is 19.6 Å². The summed E-state index contributed by atoms with van der Waals surface area (Å²) < 4.78 is 3.28. The summed E-state index contributed by atoms with van der Waals surface area (Å²) >= 11 is 0. The van der Waals surface area contributed by atoms with Gasteiger partial charge in [0.2, 0.25) is 0 Å². The summed E-state index contributed by atoms with van der Waals surface area (Å²) in [6, 6.07) is 13.6. The Bertz CT molecular complexity index is 889. The average molecular weight is 266 g/mol. The largest absolute Gasteiger partial charge is 0.371 e. The van der Waals surface area contributed by atoms with Gasteiger partial charge in [0.05, 0.1) is 16.6 Å². The number of aryl methyl sites for hydroxylation is 1. The summed E-state index contributed by atoms with van der Waals surface area (Å²) in [4.78, 5) is 12.4. The van der Waals surface area contributed by atoms with Crippen LogP contribution in [0.2, 0.25) is 0 Å². The van der Waals surface area contributed by atoms with Crippen LogP contribution in [0, 0.1) is 6.92 Å². The summed E-state index contributed by atoms with van der Waals surface area (Å²) in [6.45, 7) is 2.03. The summed E-state index contributed by atoms with van der Waals surface area (Å²) in [7, 11) is 0. The Balaban J connectivity index is 2.19. The fourth-order valence-corrected chi connectivity index (χ4v) is 3.05. The molecular formula is C16H14N2O2. The van der Waals surface area contributed by atoms with Gasteiger partial charge in [0.25, 0.3) is 5.56 Å². The van der Waals surface area contributed by atoms with Crippen molar-refractivity contribution in [2.24, 2.45) is 0 Å². The highest BCUT2D eigenvalue weighted by atomic mass is 16.3. The van der Waals surface area contributed by atoms with Gasteiger partial charge in [-0.15, -0.1) is 0 Å². The molecule has 0 spiro atoms. The second-order valence-corrected chi connectivity index (χ2v) is 5.30. The first-order chi connectivity index (χ1) is 9.66. The maximum Gasteiger partial charge on any atom is 0.277 e. The van der Waals surface area contributed by atoms with E-state index in [0.29, 0.717) is 11.8 Å². The molecule has 0 amide bonds. The Morgan fingerprint density at radius 1 is 1.20 bits per heavy atom. The van der Waals surface area contributed by atoms with Gasteiger partial charge in [0, 0.05) is 6.42 Å². The Labute approximate surface area is 115 Å². The molecule has 1 N–H and O–H groups in total. The van der Waals surface area contributed by atoms with Crippen molar-refractivity contribution in [3.05, 3.63) is 63.9 Å². The lowest BCUT2D eigenvalue weighted by molar-refractivity contribution is 0.0749. The zero-order valence-corrected chi connectivity index (χ0v) is 11.1. The highest BCUT2D eigenvalue weighted by molar-refractivity contribution is 5.81. The number of rotatable bonds is 0. The minimum atomic E-state index is -0.816. The predicted octanol–water partition coefficient (Wildman–Crippen LogP) is 2.15. The fourth-order valence-electron chi connectivity index (χ4n) is 3.05. The number of hydrogen-bond donors (Lipinski definition) is 1. The molecule has 0 saturated heterocycles. The van der Waals surface area contributed by atoms with Crippen molar-refractivity contribution in [3.8, 4) is 5.69 Å². The maximum absolute atomic E-state index is 12.4. The van der Waals surface area contributed by atoms with Crippen molar-refractivity contribution in [1.29, 1.82) is 0 Å². The van der Waals surface area contributed by atoms with E-state index < -0.39 is 6.23 Å². The smallest absolute Gasteiger partial charge is 0.277 e. The van der Waals surface area contributed by atoms with Gasteiger partial charge in [-0.2, -0.15) is 0 Å². The number of aromatic nitrogens is 2. The molecule has 0 saturated carbocycles. The van der Waals surface area contributed by atoms with E-state index >= 15 is 0 Å². The van der Waals surface area contributed by atoms with E-state index in [1.165, 1.54) is 4.68 Å². The molecule has 1 aliphatic rings. The SMILES string of the molecule is Cc1ccc2c(c1)CC(O)n1c(=O)c3ccccc3n1-2. The van der Waals surface area contributed by atoms with Crippen LogP contribution in [0.4, 0.5) is 0 Å². The van der Waals surface area contributed by atoms with Gasteiger partial charge in [-0.05, 0) is 30.7 Å². The first-order valence-electron chi connectivity index (χ1n) is 6.67. The molecule has 0 bridgehead atoms. The first-order valence-corrected chi connectivity index (χ1v) is 6.67. The number of hydrogen-bond acceptors (Lipinski definition) is 2. The lowest BCUT2D eigenvalue weighted by Crippen LogP contribution is -2.32. The van der Waals surface area contributed by atoms with Crippen molar-refractivity contribution in [2.75, 3.05) is 0 Å². The second-order valence-electron chi connectivity index (χ2n) is 5.30. The molecule has 4 heteroatoms. The van der Waals surface area contributed by atoms with Gasteiger partial charge >= 0.3 is 0 Å². The summed E-state index contributed by atoms with van der Waals surface area (Å²) in [5.74, 6) is 0. The quantitative estimate of drug-likeness (QED) is 0.677. The molecule has 2 aromatic carbocycles. The van der Waals surface area contributed by atoms with E-state index in [0.717, 1.165) is 22.3 Å². The number of benzene rings is 2. The van der Waals surface area contributed by atoms with E-state index in [4.69, 9.17) is 0 Å². The van der Waals surface area contributed by atoms with Crippen LogP contribution in [0.1, 0.15) is 17.4 Å². The molecule has 0 aliphatic carbocycles. The molecule has 1 aromatic heterocycles. The summed E-state index contributed by atoms with van der Waals surface area (Å²) in [6.07, 6.45) is -0.350. The van der Waals surface area contributed by atoms with Crippen LogP contribution in [-0.4, -0.2) is 14.5 Å². The molecule has 1 aliphatic heterocycles. The molecule has 4 nitrogen and oxygen atoms in total. The van der Waals surface area contributed by atoms with Crippen LogP contribution in [0.3, 0.4) is 0 Å². The standard InChI is InChI=1S/C16H14N2O2/c1-10-6-7-13-11(8-10)9-15(19)18-16(20)12-4-2-3-5-14(12)17(13)18/h2-8,15,19H,9H2,1H3. The van der Waals surface area contributed by atoms with Crippen molar-refractivity contribution in [1.82, 2.24) is 9.36 Å². The normalized spacial score (nSPS) is 17.0. The van der Waals surface area contributed by atoms with E-state index in [2.05, 4.69) is 6.07 Å². The summed E-state index contributed by atoms with van der Waals surface area (Å²) in [5.41, 5.74) is 3.89. The number of nitrogens with zero attached hydrogens (tertiary/aromatic N) is 2. The van der Waals surface area contributed by atoms with Gasteiger partial charge in [0.1, 0.15) is 0 Å². The van der Waals surface area contributed by atoms with Crippen LogP contribution in [-0.2, 0) is 6.42 Å². The number of aliphatic hydroxyl groups excluding tert-OH is 1. The number of fused-ring (bicyclic) bond motifs is 5. The van der Waals surface area contributed by atoms with Crippen LogP contribution in [0.25, 0.3) is 16.6 Å². The molecule has 3 aromatic rings. The zero-order valence-electron chi connectivity index (χ0n) is 11.1. The number of para-hydroxylation sites is 1. The van der Waals surface area contributed by atoms with Crippen LogP contribution in [0.5, 0.6) is 0 Å². The highest BCUT2D eigenvalue weighted by Crippen LogP contribution is 2.29. The average Bonchev–Trinajstić information content (AvgIpc) is 2.74. The van der Waals surface area contributed by atoms with Gasteiger partial charge in [0.15, 0.2) is 6.23 Å². The second kappa shape index (κ2) is 3.84. The third-order valence-corrected chi connectivity index (χ3v) is 3.93. The van der Waals surface area contributed by atoms with Gasteiger partial charge < -0.3 is 5.11 Å². The Morgan fingerprint density at radius 3 is 2.85 bits per heavy atom. The van der Waals surface area contributed by atoms with E-state index in [-0.39, 0.29) is 5.56 Å². The highest BCUT2D eigenvalue weighted by Gasteiger charge is 2.26. The molecule has 1 atom stereocenters. The minimum Gasteiger partial charge on any atom is -0.371 e. The lowest BCUT2D eigenvalue weighted by atomic mass is 10.0. The van der Waals surface area contributed by atoms with E-state index in [9.17, 15) is 9.90 Å². The van der Waals surface area contributed by atoms with Gasteiger partial charge in [-0.1, -0.05) is 29.8 Å². The monoisotopic (exact) mass is 266 g/mol. The van der Waals surface area contributed by atoms with Crippen molar-refractivity contribution >= 4 is 10.9 Å². The maximum atomic E-state index is 12.4. The Morgan fingerprint density at radius 2 is 2.00 bits per heavy atom. The molecule has 20 heavy (non-hydrogen) atoms. The molecular weight excluding hydrogens is 252 g/mol. The third-order valence-electron chi connectivity index (χ3n) is 3.93. The molecule has 0 radical (unpaired) electrons.